The first-order chi connectivity index (χ1) is 24.1. The maximum Gasteiger partial charge on any atom is 0.335 e. The van der Waals surface area contributed by atoms with Crippen LogP contribution in [0.3, 0.4) is 0 Å². The average molecular weight is 665 g/mol. The molecule has 0 saturated heterocycles. The van der Waals surface area contributed by atoms with E-state index < -0.39 is 23.9 Å². The number of hydrogen-bond acceptors (Lipinski definition) is 6. The van der Waals surface area contributed by atoms with Gasteiger partial charge in [0.1, 0.15) is 0 Å². The fourth-order valence-corrected chi connectivity index (χ4v) is 5.51. The van der Waals surface area contributed by atoms with Crippen molar-refractivity contribution in [3.63, 3.8) is 0 Å². The third-order valence-corrected chi connectivity index (χ3v) is 8.07. The largest absolute Gasteiger partial charge is 0.478 e. The Morgan fingerprint density at radius 1 is 0.280 bits per heavy atom. The zero-order valence-electron chi connectivity index (χ0n) is 26.2. The van der Waals surface area contributed by atoms with Crippen LogP contribution in [0, 0.1) is 0 Å². The van der Waals surface area contributed by atoms with Crippen LogP contribution in [-0.4, -0.2) is 44.3 Å². The number of carbonyl (C=O) groups is 4. The molecule has 6 aromatic carbocycles. The molecule has 0 atom stereocenters. The minimum Gasteiger partial charge on any atom is -0.478 e. The van der Waals surface area contributed by atoms with Gasteiger partial charge in [0.05, 0.1) is 22.3 Å². The molecule has 0 aliphatic rings. The molecule has 0 saturated carbocycles. The predicted molar refractivity (Wildman–Crippen MR) is 189 cm³/mol. The standard InChI is InChI=1S/C40H28N2O8/c43-37(44)27-5-17-33(18-6-27)41(34-19-7-28(8-20-34)38(45)46)31-13-1-25(2-14-31)26-3-15-32(16-4-26)42(35-21-9-29(10-22-35)39(47)48)36-23-11-30(12-24-36)40(49)50/h1-24H,(H,43,44)(H,45,46)(H,47,48)(H,49,50). The summed E-state index contributed by atoms with van der Waals surface area (Å²) in [6, 6.07) is 41.1. The van der Waals surface area contributed by atoms with Gasteiger partial charge in [-0.2, -0.15) is 0 Å². The zero-order valence-corrected chi connectivity index (χ0v) is 26.2. The molecule has 50 heavy (non-hydrogen) atoms. The fourth-order valence-electron chi connectivity index (χ4n) is 5.51. The number of nitrogens with zero attached hydrogens (tertiary/aromatic N) is 2. The van der Waals surface area contributed by atoms with Gasteiger partial charge in [-0.15, -0.1) is 0 Å². The summed E-state index contributed by atoms with van der Waals surface area (Å²) < 4.78 is 0. The molecule has 0 amide bonds. The van der Waals surface area contributed by atoms with E-state index in [0.29, 0.717) is 22.7 Å². The van der Waals surface area contributed by atoms with Crippen molar-refractivity contribution < 1.29 is 39.6 Å². The highest BCUT2D eigenvalue weighted by Gasteiger charge is 2.17. The van der Waals surface area contributed by atoms with Crippen molar-refractivity contribution in [2.75, 3.05) is 9.80 Å². The molecule has 10 nitrogen and oxygen atoms in total. The maximum atomic E-state index is 11.5. The molecule has 0 aliphatic heterocycles. The van der Waals surface area contributed by atoms with Crippen LogP contribution >= 0.6 is 0 Å². The van der Waals surface area contributed by atoms with Crippen molar-refractivity contribution in [1.29, 1.82) is 0 Å². The first-order valence-corrected chi connectivity index (χ1v) is 15.2. The predicted octanol–water partition coefficient (Wildman–Crippen LogP) is 9.09. The zero-order chi connectivity index (χ0) is 35.4. The monoisotopic (exact) mass is 664 g/mol. The van der Waals surface area contributed by atoms with E-state index in [4.69, 9.17) is 0 Å². The van der Waals surface area contributed by atoms with Crippen LogP contribution in [0.15, 0.2) is 146 Å². The molecule has 0 aliphatic carbocycles. The normalized spacial score (nSPS) is 10.6. The van der Waals surface area contributed by atoms with Gasteiger partial charge in [0.2, 0.25) is 0 Å². The highest BCUT2D eigenvalue weighted by atomic mass is 16.4. The summed E-state index contributed by atoms with van der Waals surface area (Å²) in [7, 11) is 0. The Morgan fingerprint density at radius 3 is 0.600 bits per heavy atom. The van der Waals surface area contributed by atoms with E-state index in [1.807, 2.05) is 58.3 Å². The number of carboxylic acids is 4. The van der Waals surface area contributed by atoms with E-state index in [0.717, 1.165) is 22.5 Å². The van der Waals surface area contributed by atoms with Crippen LogP contribution < -0.4 is 9.80 Å². The van der Waals surface area contributed by atoms with Crippen LogP contribution in [0.1, 0.15) is 41.4 Å². The lowest BCUT2D eigenvalue weighted by molar-refractivity contribution is 0.0686. The molecule has 0 aromatic heterocycles. The Balaban J connectivity index is 1.32. The van der Waals surface area contributed by atoms with Crippen LogP contribution in [0.2, 0.25) is 0 Å². The average Bonchev–Trinajstić information content (AvgIpc) is 3.13. The summed E-state index contributed by atoms with van der Waals surface area (Å²) in [5, 5.41) is 37.5. The summed E-state index contributed by atoms with van der Waals surface area (Å²) in [6.45, 7) is 0. The second-order valence-corrected chi connectivity index (χ2v) is 11.2. The highest BCUT2D eigenvalue weighted by molar-refractivity contribution is 5.92. The molecule has 0 heterocycles. The van der Waals surface area contributed by atoms with Crippen LogP contribution in [0.4, 0.5) is 34.1 Å². The number of hydrogen-bond donors (Lipinski definition) is 4. The molecule has 0 fully saturated rings. The highest BCUT2D eigenvalue weighted by Crippen LogP contribution is 2.38. The van der Waals surface area contributed by atoms with E-state index >= 15 is 0 Å². The van der Waals surface area contributed by atoms with Gasteiger partial charge in [-0.3, -0.25) is 0 Å². The first kappa shape index (κ1) is 32.7. The minimum atomic E-state index is -1.04. The third kappa shape index (κ3) is 6.90. The van der Waals surface area contributed by atoms with Crippen molar-refractivity contribution in [3.05, 3.63) is 168 Å². The molecule has 6 rings (SSSR count). The van der Waals surface area contributed by atoms with Crippen molar-refractivity contribution in [3.8, 4) is 11.1 Å². The summed E-state index contributed by atoms with van der Waals surface area (Å²) in [6.07, 6.45) is 0. The van der Waals surface area contributed by atoms with Crippen molar-refractivity contribution in [1.82, 2.24) is 0 Å². The van der Waals surface area contributed by atoms with E-state index in [1.165, 1.54) is 48.5 Å². The Hall–Kier alpha value is -7.20. The van der Waals surface area contributed by atoms with Crippen LogP contribution in [-0.2, 0) is 0 Å². The SMILES string of the molecule is O=C(O)c1ccc(N(c2ccc(C(=O)O)cc2)c2ccc(-c3ccc(N(c4ccc(C(=O)O)cc4)c4ccc(C(=O)O)cc4)cc3)cc2)cc1. The van der Waals surface area contributed by atoms with Crippen LogP contribution in [0.5, 0.6) is 0 Å². The maximum absolute atomic E-state index is 11.5. The Kier molecular flexibility index (Phi) is 9.09. The number of rotatable bonds is 11. The molecule has 246 valence electrons. The molecule has 6 aromatic rings. The second-order valence-electron chi connectivity index (χ2n) is 11.2. The van der Waals surface area contributed by atoms with E-state index in [2.05, 4.69) is 0 Å². The minimum absolute atomic E-state index is 0.141. The number of anilines is 6. The second kappa shape index (κ2) is 13.9. The van der Waals surface area contributed by atoms with Crippen molar-refractivity contribution in [2.45, 2.75) is 0 Å². The summed E-state index contributed by atoms with van der Waals surface area (Å²) in [4.78, 5) is 49.6. The number of carboxylic acid groups (broad SMARTS) is 4. The van der Waals surface area contributed by atoms with Gasteiger partial charge in [-0.05, 0) is 132 Å². The Bertz CT molecular complexity index is 1900. The lowest BCUT2D eigenvalue weighted by Crippen LogP contribution is -2.11. The molecule has 0 spiro atoms. The molecule has 0 unspecified atom stereocenters. The molecule has 0 radical (unpaired) electrons. The topological polar surface area (TPSA) is 156 Å². The number of aromatic carboxylic acids is 4. The molecule has 10 heteroatoms. The Labute approximate surface area is 286 Å². The summed E-state index contributed by atoms with van der Waals surface area (Å²) in [5.74, 6) is -4.17. The molecular formula is C40H28N2O8. The van der Waals surface area contributed by atoms with Gasteiger partial charge < -0.3 is 30.2 Å². The van der Waals surface area contributed by atoms with E-state index in [1.54, 1.807) is 48.5 Å². The summed E-state index contributed by atoms with van der Waals surface area (Å²) in [5.41, 5.74) is 6.64. The fraction of sp³-hybridized carbons (Fsp3) is 0. The van der Waals surface area contributed by atoms with Gasteiger partial charge in [0, 0.05) is 34.1 Å². The first-order valence-electron chi connectivity index (χ1n) is 15.2. The van der Waals surface area contributed by atoms with Crippen molar-refractivity contribution >= 4 is 58.0 Å². The van der Waals surface area contributed by atoms with Gasteiger partial charge in [-0.1, -0.05) is 24.3 Å². The molecule has 0 bridgehead atoms. The smallest absolute Gasteiger partial charge is 0.335 e. The van der Waals surface area contributed by atoms with Crippen molar-refractivity contribution in [2.24, 2.45) is 0 Å². The lowest BCUT2D eigenvalue weighted by Gasteiger charge is -2.26. The van der Waals surface area contributed by atoms with Gasteiger partial charge in [0.15, 0.2) is 0 Å². The third-order valence-electron chi connectivity index (χ3n) is 8.07. The Morgan fingerprint density at radius 2 is 0.440 bits per heavy atom. The van der Waals surface area contributed by atoms with Gasteiger partial charge in [0.25, 0.3) is 0 Å². The summed E-state index contributed by atoms with van der Waals surface area (Å²) >= 11 is 0. The lowest BCUT2D eigenvalue weighted by atomic mass is 10.0. The molecular weight excluding hydrogens is 636 g/mol. The molecule has 4 N–H and O–H groups in total. The quantitative estimate of drug-likeness (QED) is 0.105. The van der Waals surface area contributed by atoms with Gasteiger partial charge in [-0.25, -0.2) is 19.2 Å². The van der Waals surface area contributed by atoms with E-state index in [9.17, 15) is 39.6 Å². The van der Waals surface area contributed by atoms with Gasteiger partial charge >= 0.3 is 23.9 Å². The van der Waals surface area contributed by atoms with E-state index in [-0.39, 0.29) is 22.3 Å². The number of benzene rings is 6. The van der Waals surface area contributed by atoms with Crippen LogP contribution in [0.25, 0.3) is 11.1 Å².